The first-order valence-electron chi connectivity index (χ1n) is 10.9. The number of aromatic nitrogens is 3. The Bertz CT molecular complexity index is 1590. The Morgan fingerprint density at radius 1 is 0.576 bits per heavy atom. The molecule has 0 aliphatic rings. The predicted octanol–water partition coefficient (Wildman–Crippen LogP) is 7.12. The number of fused-ring (bicyclic) bond motifs is 2. The first-order valence-corrected chi connectivity index (χ1v) is 10.9. The minimum Gasteiger partial charge on any atom is -0.497 e. The lowest BCUT2D eigenvalue weighted by Gasteiger charge is -2.15. The SMILES string of the molecule is COc1ccc(-c2n[nH]nc2-c2c(-c3cccc4ccccc34)ccc3ccccc23)cc1. The van der Waals surface area contributed by atoms with Crippen molar-refractivity contribution in [2.75, 3.05) is 7.11 Å². The molecule has 4 heteroatoms. The molecule has 5 aromatic carbocycles. The fourth-order valence-electron chi connectivity index (χ4n) is 4.57. The Hall–Kier alpha value is -4.44. The summed E-state index contributed by atoms with van der Waals surface area (Å²) in [6.07, 6.45) is 0. The van der Waals surface area contributed by atoms with Crippen molar-refractivity contribution in [3.63, 3.8) is 0 Å². The summed E-state index contributed by atoms with van der Waals surface area (Å²) in [7, 11) is 1.67. The van der Waals surface area contributed by atoms with E-state index in [0.717, 1.165) is 39.2 Å². The number of hydrogen-bond acceptors (Lipinski definition) is 3. The van der Waals surface area contributed by atoms with Crippen molar-refractivity contribution in [1.82, 2.24) is 15.4 Å². The highest BCUT2D eigenvalue weighted by molar-refractivity contribution is 6.09. The zero-order chi connectivity index (χ0) is 22.2. The minimum atomic E-state index is 0.811. The summed E-state index contributed by atoms with van der Waals surface area (Å²) in [5.41, 5.74) is 6.02. The molecule has 0 aliphatic carbocycles. The first kappa shape index (κ1) is 19.3. The number of rotatable bonds is 4. The van der Waals surface area contributed by atoms with Gasteiger partial charge in [-0.15, -0.1) is 0 Å². The van der Waals surface area contributed by atoms with Gasteiger partial charge in [0.05, 0.1) is 7.11 Å². The molecule has 0 aliphatic heterocycles. The monoisotopic (exact) mass is 427 g/mol. The van der Waals surface area contributed by atoms with Crippen molar-refractivity contribution < 1.29 is 4.74 Å². The minimum absolute atomic E-state index is 0.811. The first-order chi connectivity index (χ1) is 16.3. The van der Waals surface area contributed by atoms with E-state index in [0.29, 0.717) is 0 Å². The van der Waals surface area contributed by atoms with E-state index in [4.69, 9.17) is 4.74 Å². The van der Waals surface area contributed by atoms with Gasteiger partial charge in [-0.25, -0.2) is 0 Å². The average molecular weight is 428 g/mol. The molecule has 0 saturated heterocycles. The van der Waals surface area contributed by atoms with E-state index in [-0.39, 0.29) is 0 Å². The second kappa shape index (κ2) is 7.92. The van der Waals surface area contributed by atoms with Crippen LogP contribution in [0.1, 0.15) is 0 Å². The van der Waals surface area contributed by atoms with E-state index in [9.17, 15) is 0 Å². The summed E-state index contributed by atoms with van der Waals surface area (Å²) >= 11 is 0. The molecule has 1 N–H and O–H groups in total. The van der Waals surface area contributed by atoms with Crippen LogP contribution in [0.4, 0.5) is 0 Å². The van der Waals surface area contributed by atoms with Crippen LogP contribution in [-0.2, 0) is 0 Å². The largest absolute Gasteiger partial charge is 0.497 e. The van der Waals surface area contributed by atoms with Crippen LogP contribution in [-0.4, -0.2) is 22.5 Å². The van der Waals surface area contributed by atoms with Gasteiger partial charge in [-0.2, -0.15) is 15.4 Å². The number of nitrogens with zero attached hydrogens (tertiary/aromatic N) is 2. The fraction of sp³-hybridized carbons (Fsp3) is 0.0345. The van der Waals surface area contributed by atoms with Crippen molar-refractivity contribution in [2.45, 2.75) is 0 Å². The maximum absolute atomic E-state index is 5.33. The van der Waals surface area contributed by atoms with E-state index in [1.807, 2.05) is 24.3 Å². The van der Waals surface area contributed by atoms with Gasteiger partial charge in [-0.05, 0) is 56.9 Å². The van der Waals surface area contributed by atoms with Crippen molar-refractivity contribution >= 4 is 21.5 Å². The molecule has 0 bridgehead atoms. The summed E-state index contributed by atoms with van der Waals surface area (Å²) in [5.74, 6) is 0.811. The quantitative estimate of drug-likeness (QED) is 0.326. The summed E-state index contributed by atoms with van der Waals surface area (Å²) < 4.78 is 5.33. The van der Waals surface area contributed by atoms with Crippen molar-refractivity contribution in [1.29, 1.82) is 0 Å². The number of benzene rings is 5. The molecule has 33 heavy (non-hydrogen) atoms. The van der Waals surface area contributed by atoms with Gasteiger partial charge >= 0.3 is 0 Å². The van der Waals surface area contributed by atoms with Crippen LogP contribution in [0.15, 0.2) is 103 Å². The van der Waals surface area contributed by atoms with Gasteiger partial charge in [0, 0.05) is 11.1 Å². The van der Waals surface area contributed by atoms with Crippen molar-refractivity contribution in [3.05, 3.63) is 103 Å². The molecule has 0 saturated carbocycles. The third-order valence-electron chi connectivity index (χ3n) is 6.16. The third kappa shape index (κ3) is 3.24. The average Bonchev–Trinajstić information content (AvgIpc) is 3.37. The number of hydrogen-bond donors (Lipinski definition) is 1. The molecule has 1 heterocycles. The van der Waals surface area contributed by atoms with Gasteiger partial charge in [0.1, 0.15) is 17.1 Å². The fourth-order valence-corrected chi connectivity index (χ4v) is 4.57. The molecule has 1 aromatic heterocycles. The molecular weight excluding hydrogens is 406 g/mol. The lowest BCUT2D eigenvalue weighted by molar-refractivity contribution is 0.415. The van der Waals surface area contributed by atoms with Crippen LogP contribution < -0.4 is 4.74 Å². The molecule has 0 radical (unpaired) electrons. The zero-order valence-corrected chi connectivity index (χ0v) is 18.1. The van der Waals surface area contributed by atoms with E-state index in [2.05, 4.69) is 94.3 Å². The number of nitrogens with one attached hydrogen (secondary N) is 1. The molecule has 0 atom stereocenters. The number of aromatic amines is 1. The summed E-state index contributed by atoms with van der Waals surface area (Å²) in [5, 5.41) is 16.8. The van der Waals surface area contributed by atoms with Gasteiger partial charge < -0.3 is 4.74 Å². The van der Waals surface area contributed by atoms with Crippen LogP contribution in [0, 0.1) is 0 Å². The second-order valence-corrected chi connectivity index (χ2v) is 7.99. The Morgan fingerprint density at radius 2 is 1.24 bits per heavy atom. The Balaban J connectivity index is 1.66. The van der Waals surface area contributed by atoms with Crippen LogP contribution in [0.3, 0.4) is 0 Å². The molecule has 0 fully saturated rings. The summed E-state index contributed by atoms with van der Waals surface area (Å²) in [6, 6.07) is 35.7. The molecule has 0 unspecified atom stereocenters. The van der Waals surface area contributed by atoms with Crippen LogP contribution >= 0.6 is 0 Å². The second-order valence-electron chi connectivity index (χ2n) is 7.99. The zero-order valence-electron chi connectivity index (χ0n) is 18.1. The van der Waals surface area contributed by atoms with Crippen LogP contribution in [0.2, 0.25) is 0 Å². The van der Waals surface area contributed by atoms with Crippen LogP contribution in [0.5, 0.6) is 5.75 Å². The maximum Gasteiger partial charge on any atom is 0.122 e. The topological polar surface area (TPSA) is 50.8 Å². The highest BCUT2D eigenvalue weighted by Crippen LogP contribution is 2.42. The molecule has 158 valence electrons. The maximum atomic E-state index is 5.33. The van der Waals surface area contributed by atoms with E-state index >= 15 is 0 Å². The Kier molecular flexibility index (Phi) is 4.62. The normalized spacial score (nSPS) is 11.2. The van der Waals surface area contributed by atoms with Crippen molar-refractivity contribution in [2.24, 2.45) is 0 Å². The molecule has 6 aromatic rings. The Labute approximate surface area is 191 Å². The molecule has 0 amide bonds. The van der Waals surface area contributed by atoms with Gasteiger partial charge in [0.15, 0.2) is 0 Å². The molecule has 4 nitrogen and oxygen atoms in total. The summed E-state index contributed by atoms with van der Waals surface area (Å²) in [4.78, 5) is 0. The number of methoxy groups -OCH3 is 1. The lowest BCUT2D eigenvalue weighted by Crippen LogP contribution is -1.92. The smallest absolute Gasteiger partial charge is 0.122 e. The van der Waals surface area contributed by atoms with Gasteiger partial charge in [0.2, 0.25) is 0 Å². The lowest BCUT2D eigenvalue weighted by atomic mass is 9.88. The van der Waals surface area contributed by atoms with Gasteiger partial charge in [-0.3, -0.25) is 0 Å². The van der Waals surface area contributed by atoms with Gasteiger partial charge in [0.25, 0.3) is 0 Å². The standard InChI is InChI=1S/C29H21N3O/c1-33-22-16-13-21(14-17-22)28-29(31-32-30-28)27-24-11-5-3-8-20(24)15-18-26(27)25-12-6-9-19-7-2-4-10-23(19)25/h2-18H,1H3,(H,30,31,32). The van der Waals surface area contributed by atoms with Gasteiger partial charge in [-0.1, -0.05) is 78.9 Å². The number of ether oxygens (including phenoxy) is 1. The van der Waals surface area contributed by atoms with E-state index in [1.54, 1.807) is 7.11 Å². The predicted molar refractivity (Wildman–Crippen MR) is 134 cm³/mol. The number of H-pyrrole nitrogens is 1. The molecular formula is C29H21N3O. The van der Waals surface area contributed by atoms with E-state index in [1.165, 1.54) is 21.7 Å². The van der Waals surface area contributed by atoms with E-state index < -0.39 is 0 Å². The molecule has 6 rings (SSSR count). The highest BCUT2D eigenvalue weighted by atomic mass is 16.5. The Morgan fingerprint density at radius 3 is 2.03 bits per heavy atom. The summed E-state index contributed by atoms with van der Waals surface area (Å²) in [6.45, 7) is 0. The van der Waals surface area contributed by atoms with Crippen LogP contribution in [0.25, 0.3) is 55.2 Å². The third-order valence-corrected chi connectivity index (χ3v) is 6.16. The molecule has 0 spiro atoms. The highest BCUT2D eigenvalue weighted by Gasteiger charge is 2.20. The van der Waals surface area contributed by atoms with Crippen molar-refractivity contribution in [3.8, 4) is 39.4 Å².